The maximum Gasteiger partial charge on any atom is 0.253 e. The molecular weight excluding hydrogens is 406 g/mol. The van der Waals surface area contributed by atoms with E-state index in [9.17, 15) is 18.3 Å². The largest absolute Gasteiger partial charge is 0.393 e. The van der Waals surface area contributed by atoms with Crippen LogP contribution in [0.25, 0.3) is 0 Å². The predicted molar refractivity (Wildman–Crippen MR) is 112 cm³/mol. The lowest BCUT2D eigenvalue weighted by molar-refractivity contribution is 0.0546. The highest BCUT2D eigenvalue weighted by Gasteiger charge is 2.37. The minimum absolute atomic E-state index is 0.109. The molecule has 1 amide bonds. The number of amides is 1. The number of aliphatic hydroxyl groups is 1. The van der Waals surface area contributed by atoms with Crippen LogP contribution in [-0.4, -0.2) is 71.1 Å². The first kappa shape index (κ1) is 20.8. The van der Waals surface area contributed by atoms with Crippen molar-refractivity contribution in [2.24, 2.45) is 0 Å². The van der Waals surface area contributed by atoms with Crippen molar-refractivity contribution in [1.29, 1.82) is 0 Å². The summed E-state index contributed by atoms with van der Waals surface area (Å²) in [5.41, 5.74) is 1.81. The van der Waals surface area contributed by atoms with E-state index in [0.717, 1.165) is 5.56 Å². The van der Waals surface area contributed by atoms with Crippen LogP contribution in [0.5, 0.6) is 0 Å². The zero-order chi connectivity index (χ0) is 21.6. The van der Waals surface area contributed by atoms with Crippen molar-refractivity contribution < 1.29 is 18.3 Å². The van der Waals surface area contributed by atoms with Crippen LogP contribution in [0.4, 0.5) is 5.69 Å². The number of nitrogens with zero attached hydrogens (tertiary/aromatic N) is 5. The maximum absolute atomic E-state index is 13.0. The molecule has 2 aromatic rings. The van der Waals surface area contributed by atoms with Gasteiger partial charge in [-0.25, -0.2) is 13.4 Å². The van der Waals surface area contributed by atoms with E-state index < -0.39 is 10.0 Å². The summed E-state index contributed by atoms with van der Waals surface area (Å²) in [7, 11) is -3.48. The van der Waals surface area contributed by atoms with E-state index in [1.54, 1.807) is 34.1 Å². The van der Waals surface area contributed by atoms with Crippen LogP contribution in [0.3, 0.4) is 0 Å². The summed E-state index contributed by atoms with van der Waals surface area (Å²) in [6.45, 7) is 5.23. The average molecular weight is 434 g/mol. The van der Waals surface area contributed by atoms with Gasteiger partial charge < -0.3 is 10.0 Å². The first-order valence-corrected chi connectivity index (χ1v) is 12.0. The van der Waals surface area contributed by atoms with Crippen molar-refractivity contribution in [3.8, 4) is 0 Å². The number of hydrogen-bond acceptors (Lipinski definition) is 6. The van der Waals surface area contributed by atoms with Crippen LogP contribution in [0, 0.1) is 0 Å². The van der Waals surface area contributed by atoms with Crippen LogP contribution >= 0.6 is 0 Å². The summed E-state index contributed by atoms with van der Waals surface area (Å²) in [6.07, 6.45) is 3.60. The number of rotatable bonds is 4. The van der Waals surface area contributed by atoms with Crippen molar-refractivity contribution in [2.75, 3.05) is 30.2 Å². The van der Waals surface area contributed by atoms with Gasteiger partial charge in [0.1, 0.15) is 6.33 Å². The average Bonchev–Trinajstić information content (AvgIpc) is 3.32. The molecule has 0 saturated carbocycles. The first-order valence-electron chi connectivity index (χ1n) is 10.1. The molecule has 1 saturated heterocycles. The van der Waals surface area contributed by atoms with Crippen molar-refractivity contribution in [1.82, 2.24) is 19.7 Å². The number of piperidine rings is 1. The summed E-state index contributed by atoms with van der Waals surface area (Å²) in [5, 5.41) is 14.2. The van der Waals surface area contributed by atoms with E-state index in [1.807, 2.05) is 13.8 Å². The number of carbonyl (C=O) groups is 1. The molecule has 1 atom stereocenters. The number of hydrogen-bond donors (Lipinski definition) is 1. The van der Waals surface area contributed by atoms with Gasteiger partial charge in [-0.2, -0.15) is 5.10 Å². The Labute approximate surface area is 176 Å². The number of benzene rings is 1. The van der Waals surface area contributed by atoms with Crippen molar-refractivity contribution in [3.63, 3.8) is 0 Å². The predicted octanol–water partition coefficient (Wildman–Crippen LogP) is 1.37. The van der Waals surface area contributed by atoms with Crippen molar-refractivity contribution >= 4 is 21.6 Å². The molecule has 1 fully saturated rings. The molecule has 3 heterocycles. The summed E-state index contributed by atoms with van der Waals surface area (Å²) in [6, 6.07) is 5.28. The molecule has 0 bridgehead atoms. The molecule has 0 spiro atoms. The fourth-order valence-electron chi connectivity index (χ4n) is 4.04. The lowest BCUT2D eigenvalue weighted by atomic mass is 9.97. The van der Waals surface area contributed by atoms with Gasteiger partial charge in [-0.15, -0.1) is 0 Å². The SMILES string of the molecule is CC(C)n1cnc([C@H]2CN(S(C)(=O)=O)c3ccc(C(=O)N4CCC(O)CC4)cc32)n1. The molecule has 30 heavy (non-hydrogen) atoms. The normalized spacial score (nSPS) is 20.1. The molecule has 0 unspecified atom stereocenters. The number of aliphatic hydroxyl groups excluding tert-OH is 1. The van der Waals surface area contributed by atoms with Gasteiger partial charge in [0, 0.05) is 31.2 Å². The smallest absolute Gasteiger partial charge is 0.253 e. The van der Waals surface area contributed by atoms with E-state index >= 15 is 0 Å². The molecule has 0 radical (unpaired) electrons. The summed E-state index contributed by atoms with van der Waals surface area (Å²) in [5.74, 6) is 0.0920. The Balaban J connectivity index is 1.71. The van der Waals surface area contributed by atoms with Gasteiger partial charge >= 0.3 is 0 Å². The zero-order valence-electron chi connectivity index (χ0n) is 17.4. The number of fused-ring (bicyclic) bond motifs is 1. The van der Waals surface area contributed by atoms with Gasteiger partial charge in [-0.05, 0) is 50.5 Å². The quantitative estimate of drug-likeness (QED) is 0.780. The molecule has 0 aliphatic carbocycles. The van der Waals surface area contributed by atoms with E-state index in [1.165, 1.54) is 10.6 Å². The Bertz CT molecular complexity index is 1060. The van der Waals surface area contributed by atoms with E-state index in [0.29, 0.717) is 43.0 Å². The third-order valence-corrected chi connectivity index (χ3v) is 6.93. The van der Waals surface area contributed by atoms with Crippen molar-refractivity contribution in [3.05, 3.63) is 41.5 Å². The summed E-state index contributed by atoms with van der Waals surface area (Å²) in [4.78, 5) is 19.1. The van der Waals surface area contributed by atoms with Gasteiger partial charge in [0.2, 0.25) is 10.0 Å². The van der Waals surface area contributed by atoms with Gasteiger partial charge in [-0.3, -0.25) is 13.8 Å². The van der Waals surface area contributed by atoms with Crippen LogP contribution in [0.15, 0.2) is 24.5 Å². The summed E-state index contributed by atoms with van der Waals surface area (Å²) >= 11 is 0. The highest BCUT2D eigenvalue weighted by atomic mass is 32.2. The highest BCUT2D eigenvalue weighted by Crippen LogP contribution is 2.41. The fraction of sp³-hybridized carbons (Fsp3) is 0.550. The van der Waals surface area contributed by atoms with E-state index in [-0.39, 0.29) is 30.5 Å². The van der Waals surface area contributed by atoms with Crippen molar-refractivity contribution in [2.45, 2.75) is 44.8 Å². The van der Waals surface area contributed by atoms with E-state index in [4.69, 9.17) is 0 Å². The maximum atomic E-state index is 13.0. The number of sulfonamides is 1. The monoisotopic (exact) mass is 433 g/mol. The third kappa shape index (κ3) is 3.81. The second-order valence-corrected chi connectivity index (χ2v) is 10.2. The molecule has 4 rings (SSSR count). The standard InChI is InChI=1S/C20H27N5O4S/c1-13(2)24-12-21-19(22-24)17-11-25(30(3,28)29)18-5-4-14(10-16(17)18)20(27)23-8-6-15(26)7-9-23/h4-5,10,12-13,15,17,26H,6-9,11H2,1-3H3/t17-/m0/s1. The van der Waals surface area contributed by atoms with Crippen LogP contribution in [-0.2, 0) is 10.0 Å². The Morgan fingerprint density at radius 3 is 2.53 bits per heavy atom. The fourth-order valence-corrected chi connectivity index (χ4v) is 4.98. The second kappa shape index (κ2) is 7.66. The number of likely N-dealkylation sites (tertiary alicyclic amines) is 1. The topological polar surface area (TPSA) is 109 Å². The minimum atomic E-state index is -3.48. The van der Waals surface area contributed by atoms with Gasteiger partial charge in [0.15, 0.2) is 5.82 Å². The lowest BCUT2D eigenvalue weighted by Gasteiger charge is -2.29. The molecular formula is C20H27N5O4S. The highest BCUT2D eigenvalue weighted by molar-refractivity contribution is 7.92. The molecule has 9 nitrogen and oxygen atoms in total. The minimum Gasteiger partial charge on any atom is -0.393 e. The van der Waals surface area contributed by atoms with Crippen LogP contribution in [0.2, 0.25) is 0 Å². The molecule has 1 aromatic heterocycles. The first-order chi connectivity index (χ1) is 14.1. The Morgan fingerprint density at radius 2 is 1.93 bits per heavy atom. The van der Waals surface area contributed by atoms with Gasteiger partial charge in [0.05, 0.1) is 24.0 Å². The second-order valence-electron chi connectivity index (χ2n) is 8.32. The molecule has 1 N–H and O–H groups in total. The Kier molecular flexibility index (Phi) is 5.31. The Hall–Kier alpha value is -2.46. The number of carbonyl (C=O) groups excluding carboxylic acids is 1. The van der Waals surface area contributed by atoms with Gasteiger partial charge in [-0.1, -0.05) is 0 Å². The van der Waals surface area contributed by atoms with E-state index in [2.05, 4.69) is 10.1 Å². The summed E-state index contributed by atoms with van der Waals surface area (Å²) < 4.78 is 27.8. The molecule has 1 aromatic carbocycles. The molecule has 10 heteroatoms. The number of anilines is 1. The van der Waals surface area contributed by atoms with Gasteiger partial charge in [0.25, 0.3) is 5.91 Å². The van der Waals surface area contributed by atoms with Crippen LogP contribution < -0.4 is 4.31 Å². The lowest BCUT2D eigenvalue weighted by Crippen LogP contribution is -2.40. The third-order valence-electron chi connectivity index (χ3n) is 5.79. The zero-order valence-corrected chi connectivity index (χ0v) is 18.2. The molecule has 162 valence electrons. The molecule has 2 aliphatic heterocycles. The Morgan fingerprint density at radius 1 is 1.23 bits per heavy atom. The van der Waals surface area contributed by atoms with Crippen LogP contribution in [0.1, 0.15) is 60.4 Å². The number of aromatic nitrogens is 3. The molecule has 2 aliphatic rings.